The maximum atomic E-state index is 10.4. The first kappa shape index (κ1) is 26.5. The van der Waals surface area contributed by atoms with E-state index in [2.05, 4.69) is 24.9 Å². The highest BCUT2D eigenvalue weighted by molar-refractivity contribution is 5.77. The van der Waals surface area contributed by atoms with Crippen molar-refractivity contribution in [3.05, 3.63) is 67.3 Å². The Morgan fingerprint density at radius 3 is 2.12 bits per heavy atom. The summed E-state index contributed by atoms with van der Waals surface area (Å²) in [5.41, 5.74) is 9.07. The van der Waals surface area contributed by atoms with Crippen LogP contribution in [0.25, 0.3) is 33.9 Å². The Bertz CT molecular complexity index is 1580. The summed E-state index contributed by atoms with van der Waals surface area (Å²) in [5.74, 6) is 0.571. The van der Waals surface area contributed by atoms with Gasteiger partial charge in [0.15, 0.2) is 17.4 Å². The first-order valence-corrected chi connectivity index (χ1v) is 12.7. The smallest absolute Gasteiger partial charge is 0.247 e. The Morgan fingerprint density at radius 1 is 0.829 bits per heavy atom. The molecule has 210 valence electrons. The number of nitrogens with two attached hydrogens (primary N) is 1. The van der Waals surface area contributed by atoms with E-state index in [9.17, 15) is 15.3 Å². The van der Waals surface area contributed by atoms with Crippen molar-refractivity contribution < 1.29 is 29.5 Å². The normalized spacial score (nSPS) is 20.4. The van der Waals surface area contributed by atoms with Crippen LogP contribution < -0.4 is 15.2 Å². The fourth-order valence-corrected chi connectivity index (χ4v) is 4.48. The van der Waals surface area contributed by atoms with E-state index in [1.54, 1.807) is 24.5 Å². The van der Waals surface area contributed by atoms with E-state index < -0.39 is 31.1 Å². The van der Waals surface area contributed by atoms with Gasteiger partial charge in [0.05, 0.1) is 35.7 Å². The summed E-state index contributed by atoms with van der Waals surface area (Å²) in [6.45, 7) is -0.224. The molecule has 0 amide bonds. The van der Waals surface area contributed by atoms with Gasteiger partial charge < -0.3 is 35.3 Å². The fourth-order valence-electron chi connectivity index (χ4n) is 4.48. The van der Waals surface area contributed by atoms with Gasteiger partial charge in [-0.15, -0.1) is 0 Å². The van der Waals surface area contributed by atoms with Crippen molar-refractivity contribution in [1.29, 1.82) is 0 Å². The molecule has 14 heteroatoms. The largest absolute Gasteiger partial charge is 0.490 e. The van der Waals surface area contributed by atoms with Gasteiger partial charge in [0.1, 0.15) is 37.3 Å². The van der Waals surface area contributed by atoms with Gasteiger partial charge in [-0.1, -0.05) is 12.1 Å². The molecule has 41 heavy (non-hydrogen) atoms. The lowest BCUT2D eigenvalue weighted by Gasteiger charge is -2.16. The summed E-state index contributed by atoms with van der Waals surface area (Å²) < 4.78 is 18.9. The lowest BCUT2D eigenvalue weighted by Crippen LogP contribution is -2.33. The van der Waals surface area contributed by atoms with Crippen LogP contribution in [0.4, 0.5) is 5.95 Å². The molecule has 0 radical (unpaired) electrons. The van der Waals surface area contributed by atoms with Gasteiger partial charge in [-0.25, -0.2) is 9.97 Å². The van der Waals surface area contributed by atoms with Gasteiger partial charge >= 0.3 is 0 Å². The summed E-state index contributed by atoms with van der Waals surface area (Å²) in [6, 6.07) is 14.7. The highest BCUT2D eigenvalue weighted by Crippen LogP contribution is 2.33. The molecule has 1 aliphatic heterocycles. The molecule has 1 aliphatic rings. The lowest BCUT2D eigenvalue weighted by atomic mass is 10.1. The number of fused-ring (bicyclic) bond motifs is 1. The Kier molecular flexibility index (Phi) is 7.35. The molecule has 6 rings (SSSR count). The molecular formula is C27H26N8O6. The molecule has 0 aromatic carbocycles. The molecule has 14 nitrogen and oxygen atoms in total. The third-order valence-electron chi connectivity index (χ3n) is 6.44. The number of rotatable bonds is 9. The number of aliphatic hydroxyl groups excluding tert-OH is 3. The van der Waals surface area contributed by atoms with Crippen molar-refractivity contribution in [2.75, 3.05) is 25.6 Å². The van der Waals surface area contributed by atoms with E-state index in [0.29, 0.717) is 28.5 Å². The molecule has 0 saturated carbocycles. The van der Waals surface area contributed by atoms with Crippen LogP contribution in [-0.4, -0.2) is 87.9 Å². The van der Waals surface area contributed by atoms with Gasteiger partial charge in [-0.2, -0.15) is 9.97 Å². The summed E-state index contributed by atoms with van der Waals surface area (Å²) >= 11 is 0. The second-order valence-electron chi connectivity index (χ2n) is 9.14. The number of aliphatic hydroxyl groups is 3. The third kappa shape index (κ3) is 5.36. The number of nitrogens with zero attached hydrogens (tertiary/aromatic N) is 7. The zero-order valence-electron chi connectivity index (χ0n) is 21.6. The number of imidazole rings is 1. The van der Waals surface area contributed by atoms with E-state index in [-0.39, 0.29) is 36.2 Å². The second-order valence-corrected chi connectivity index (χ2v) is 9.14. The Balaban J connectivity index is 1.19. The van der Waals surface area contributed by atoms with E-state index >= 15 is 0 Å². The minimum atomic E-state index is -1.31. The van der Waals surface area contributed by atoms with Crippen LogP contribution in [0.5, 0.6) is 11.6 Å². The van der Waals surface area contributed by atoms with Gasteiger partial charge in [0, 0.05) is 24.5 Å². The van der Waals surface area contributed by atoms with Crippen molar-refractivity contribution in [2.45, 2.75) is 24.5 Å². The number of aromatic nitrogens is 7. The number of pyridine rings is 3. The fraction of sp³-hybridized carbons (Fsp3) is 0.259. The number of anilines is 1. The second kappa shape index (κ2) is 11.4. The average Bonchev–Trinajstić information content (AvgIpc) is 3.55. The lowest BCUT2D eigenvalue weighted by molar-refractivity contribution is -0.0511. The van der Waals surface area contributed by atoms with E-state index in [4.69, 9.17) is 24.9 Å². The summed E-state index contributed by atoms with van der Waals surface area (Å²) in [6.07, 6.45) is 0.180. The monoisotopic (exact) mass is 558 g/mol. The molecule has 0 spiro atoms. The van der Waals surface area contributed by atoms with Crippen LogP contribution in [0.15, 0.2) is 67.3 Å². The summed E-state index contributed by atoms with van der Waals surface area (Å²) in [4.78, 5) is 26.2. The summed E-state index contributed by atoms with van der Waals surface area (Å²) in [5, 5.41) is 30.0. The van der Waals surface area contributed by atoms with Crippen LogP contribution in [0, 0.1) is 0 Å². The molecule has 0 aliphatic carbocycles. The first-order chi connectivity index (χ1) is 20.0. The van der Waals surface area contributed by atoms with Crippen LogP contribution in [-0.2, 0) is 4.74 Å². The molecule has 5 aromatic rings. The number of hydrogen-bond acceptors (Lipinski definition) is 13. The van der Waals surface area contributed by atoms with Gasteiger partial charge in [-0.3, -0.25) is 14.5 Å². The van der Waals surface area contributed by atoms with Crippen molar-refractivity contribution >= 4 is 17.1 Å². The maximum absolute atomic E-state index is 10.4. The Labute approximate surface area is 233 Å². The van der Waals surface area contributed by atoms with Crippen molar-refractivity contribution in [3.63, 3.8) is 0 Å². The third-order valence-corrected chi connectivity index (χ3v) is 6.44. The van der Waals surface area contributed by atoms with Crippen molar-refractivity contribution in [2.24, 2.45) is 0 Å². The SMILES string of the molecule is Nc1nc(OCCOc2cc(-c3ccccn3)nc(-c3ccccn3)c2)c2ncn([C@@H]3O[C@H](CO)[C@@H](O)[C@H]3O)c2n1. The molecule has 5 aromatic heterocycles. The number of ether oxygens (including phenoxy) is 3. The topological polar surface area (TPSA) is 197 Å². The molecule has 0 unspecified atom stereocenters. The Hall–Kier alpha value is -4.76. The predicted octanol–water partition coefficient (Wildman–Crippen LogP) is 0.997. The predicted molar refractivity (Wildman–Crippen MR) is 144 cm³/mol. The zero-order valence-corrected chi connectivity index (χ0v) is 21.6. The van der Waals surface area contributed by atoms with Crippen molar-refractivity contribution in [3.8, 4) is 34.4 Å². The molecular weight excluding hydrogens is 532 g/mol. The van der Waals surface area contributed by atoms with Crippen LogP contribution in [0.2, 0.25) is 0 Å². The van der Waals surface area contributed by atoms with Crippen LogP contribution >= 0.6 is 0 Å². The first-order valence-electron chi connectivity index (χ1n) is 12.7. The molecule has 0 bridgehead atoms. The van der Waals surface area contributed by atoms with E-state index in [0.717, 1.165) is 0 Å². The number of hydrogen-bond donors (Lipinski definition) is 4. The minimum absolute atomic E-state index is 0.0870. The molecule has 6 heterocycles. The van der Waals surface area contributed by atoms with Crippen molar-refractivity contribution in [1.82, 2.24) is 34.5 Å². The molecule has 4 atom stereocenters. The quantitative estimate of drug-likeness (QED) is 0.187. The minimum Gasteiger partial charge on any atom is -0.490 e. The zero-order chi connectivity index (χ0) is 28.3. The number of nitrogen functional groups attached to an aromatic ring is 1. The maximum Gasteiger partial charge on any atom is 0.247 e. The van der Waals surface area contributed by atoms with Crippen LogP contribution in [0.1, 0.15) is 6.23 Å². The Morgan fingerprint density at radius 2 is 1.51 bits per heavy atom. The van der Waals surface area contributed by atoms with E-state index in [1.165, 1.54) is 10.9 Å². The van der Waals surface area contributed by atoms with Gasteiger partial charge in [0.2, 0.25) is 11.8 Å². The van der Waals surface area contributed by atoms with Crippen LogP contribution in [0.3, 0.4) is 0 Å². The highest BCUT2D eigenvalue weighted by atomic mass is 16.6. The van der Waals surface area contributed by atoms with E-state index in [1.807, 2.05) is 36.4 Å². The molecule has 5 N–H and O–H groups in total. The molecule has 1 fully saturated rings. The summed E-state index contributed by atoms with van der Waals surface area (Å²) in [7, 11) is 0. The standard InChI is InChI=1S/C27H26N8O6/c28-27-33-24-21(31-14-35(24)26-23(38)22(37)20(13-36)41-26)25(34-27)40-10-9-39-15-11-18(16-5-1-3-7-29-16)32-19(12-15)17-6-2-4-8-30-17/h1-8,11-12,14,20,22-23,26,36-38H,9-10,13H2,(H2,28,33,34)/t20-,22-,23-,26-/m1/s1. The van der Waals surface area contributed by atoms with Gasteiger partial charge in [-0.05, 0) is 24.3 Å². The van der Waals surface area contributed by atoms with Gasteiger partial charge in [0.25, 0.3) is 0 Å². The highest BCUT2D eigenvalue weighted by Gasteiger charge is 2.44. The average molecular weight is 559 g/mol. The molecule has 1 saturated heterocycles.